The van der Waals surface area contributed by atoms with Crippen LogP contribution in [0.2, 0.25) is 5.15 Å². The van der Waals surface area contributed by atoms with Crippen molar-refractivity contribution in [3.05, 3.63) is 23.0 Å². The van der Waals surface area contributed by atoms with Crippen molar-refractivity contribution in [1.29, 1.82) is 0 Å². The largest absolute Gasteiger partial charge is 0.444 e. The van der Waals surface area contributed by atoms with Gasteiger partial charge in [-0.15, -0.1) is 0 Å². The summed E-state index contributed by atoms with van der Waals surface area (Å²) in [6.45, 7) is 19.5. The zero-order chi connectivity index (χ0) is 29.4. The second kappa shape index (κ2) is 14.2. The minimum absolute atomic E-state index is 0.0865. The molecular formula is C28H46ClN5O5. The van der Waals surface area contributed by atoms with E-state index in [0.29, 0.717) is 31.2 Å². The summed E-state index contributed by atoms with van der Waals surface area (Å²) in [6, 6.07) is 2.29. The van der Waals surface area contributed by atoms with Crippen molar-refractivity contribution < 1.29 is 23.9 Å². The summed E-state index contributed by atoms with van der Waals surface area (Å²) in [5, 5.41) is 3.57. The number of piperazine rings is 2. The zero-order valence-electron chi connectivity index (χ0n) is 24.8. The molecule has 2 fully saturated rings. The Bertz CT molecular complexity index is 978. The SMILES string of the molecule is CC[C@@H]1CN(C(=O)OC(C)(C)C)CCN1.CC[C@H]1CN(C(=O)OC(C)(C)C)CCN1c1ccnc(Cl)c1C=O. The van der Waals surface area contributed by atoms with Crippen molar-refractivity contribution in [3.63, 3.8) is 0 Å². The van der Waals surface area contributed by atoms with Gasteiger partial charge in [0, 0.05) is 57.5 Å². The Kier molecular flexibility index (Phi) is 11.8. The first kappa shape index (κ1) is 32.6. The van der Waals surface area contributed by atoms with E-state index in [-0.39, 0.29) is 23.4 Å². The lowest BCUT2D eigenvalue weighted by Crippen LogP contribution is -2.55. The minimum Gasteiger partial charge on any atom is -0.444 e. The molecule has 0 radical (unpaired) electrons. The molecule has 220 valence electrons. The fraction of sp³-hybridized carbons (Fsp3) is 0.714. The maximum atomic E-state index is 12.3. The molecule has 0 aliphatic carbocycles. The summed E-state index contributed by atoms with van der Waals surface area (Å²) in [4.78, 5) is 45.0. The van der Waals surface area contributed by atoms with Gasteiger partial charge in [-0.2, -0.15) is 0 Å². The van der Waals surface area contributed by atoms with Crippen molar-refractivity contribution in [2.45, 2.75) is 91.5 Å². The van der Waals surface area contributed by atoms with Crippen molar-refractivity contribution >= 4 is 35.8 Å². The molecule has 0 saturated carbocycles. The Morgan fingerprint density at radius 1 is 1.00 bits per heavy atom. The van der Waals surface area contributed by atoms with E-state index >= 15 is 0 Å². The number of pyridine rings is 1. The summed E-state index contributed by atoms with van der Waals surface area (Å²) in [7, 11) is 0. The molecule has 1 aromatic rings. The molecule has 0 bridgehead atoms. The number of ether oxygens (including phenoxy) is 2. The van der Waals surface area contributed by atoms with Crippen LogP contribution in [0.15, 0.2) is 12.3 Å². The number of nitrogens with one attached hydrogen (secondary N) is 1. The van der Waals surface area contributed by atoms with Gasteiger partial charge in [-0.1, -0.05) is 25.4 Å². The predicted molar refractivity (Wildman–Crippen MR) is 154 cm³/mol. The highest BCUT2D eigenvalue weighted by Gasteiger charge is 2.32. The summed E-state index contributed by atoms with van der Waals surface area (Å²) < 4.78 is 10.8. The fourth-order valence-electron chi connectivity index (χ4n) is 4.40. The van der Waals surface area contributed by atoms with Crippen molar-refractivity contribution in [2.24, 2.45) is 0 Å². The first-order valence-electron chi connectivity index (χ1n) is 13.7. The van der Waals surface area contributed by atoms with E-state index in [4.69, 9.17) is 21.1 Å². The van der Waals surface area contributed by atoms with Crippen LogP contribution in [0, 0.1) is 0 Å². The first-order valence-corrected chi connectivity index (χ1v) is 14.1. The number of hydrogen-bond donors (Lipinski definition) is 1. The van der Waals surface area contributed by atoms with E-state index in [1.807, 2.05) is 41.5 Å². The second-order valence-electron chi connectivity index (χ2n) is 11.8. The van der Waals surface area contributed by atoms with Crippen molar-refractivity contribution in [3.8, 4) is 0 Å². The van der Waals surface area contributed by atoms with E-state index < -0.39 is 11.2 Å². The van der Waals surface area contributed by atoms with Gasteiger partial charge in [0.2, 0.25) is 0 Å². The molecule has 2 atom stereocenters. The molecule has 3 heterocycles. The summed E-state index contributed by atoms with van der Waals surface area (Å²) in [5.41, 5.74) is 0.243. The van der Waals surface area contributed by atoms with Gasteiger partial charge in [0.25, 0.3) is 0 Å². The topological polar surface area (TPSA) is 104 Å². The third kappa shape index (κ3) is 10.1. The van der Waals surface area contributed by atoms with Crippen molar-refractivity contribution in [2.75, 3.05) is 44.2 Å². The Morgan fingerprint density at radius 3 is 2.10 bits per heavy atom. The summed E-state index contributed by atoms with van der Waals surface area (Å²) >= 11 is 6.04. The minimum atomic E-state index is -0.515. The number of hydrogen-bond acceptors (Lipinski definition) is 8. The van der Waals surface area contributed by atoms with E-state index in [2.05, 4.69) is 29.0 Å². The van der Waals surface area contributed by atoms with Crippen LogP contribution in [0.5, 0.6) is 0 Å². The maximum absolute atomic E-state index is 12.3. The molecule has 11 heteroatoms. The molecule has 1 N–H and O–H groups in total. The smallest absolute Gasteiger partial charge is 0.410 e. The van der Waals surface area contributed by atoms with Gasteiger partial charge in [0.05, 0.1) is 11.3 Å². The van der Waals surface area contributed by atoms with Gasteiger partial charge in [-0.05, 0) is 60.5 Å². The van der Waals surface area contributed by atoms with Gasteiger partial charge in [-0.25, -0.2) is 14.6 Å². The fourth-order valence-corrected chi connectivity index (χ4v) is 4.60. The Balaban J connectivity index is 0.000000306. The summed E-state index contributed by atoms with van der Waals surface area (Å²) in [6.07, 6.45) is 3.71. The van der Waals surface area contributed by atoms with E-state index in [1.54, 1.807) is 22.1 Å². The highest BCUT2D eigenvalue weighted by atomic mass is 35.5. The number of aldehydes is 1. The Hall–Kier alpha value is -2.59. The predicted octanol–water partition coefficient (Wildman–Crippen LogP) is 4.99. The van der Waals surface area contributed by atoms with Crippen LogP contribution < -0.4 is 10.2 Å². The molecule has 0 unspecified atom stereocenters. The van der Waals surface area contributed by atoms with Crippen LogP contribution in [0.1, 0.15) is 78.6 Å². The van der Waals surface area contributed by atoms with Crippen LogP contribution in [0.25, 0.3) is 0 Å². The number of nitrogens with zero attached hydrogens (tertiary/aromatic N) is 4. The molecule has 2 saturated heterocycles. The number of halogens is 1. The molecule has 2 amide bonds. The molecule has 2 aliphatic rings. The van der Waals surface area contributed by atoms with Gasteiger partial charge in [0.15, 0.2) is 6.29 Å². The molecular weight excluding hydrogens is 522 g/mol. The monoisotopic (exact) mass is 567 g/mol. The number of aromatic nitrogens is 1. The summed E-state index contributed by atoms with van der Waals surface area (Å²) in [5.74, 6) is 0. The number of carbonyl (C=O) groups is 3. The zero-order valence-corrected chi connectivity index (χ0v) is 25.5. The molecule has 3 rings (SSSR count). The van der Waals surface area contributed by atoms with Gasteiger partial charge < -0.3 is 29.5 Å². The second-order valence-corrected chi connectivity index (χ2v) is 12.2. The molecule has 1 aromatic heterocycles. The van der Waals surface area contributed by atoms with Gasteiger partial charge >= 0.3 is 12.2 Å². The Labute approximate surface area is 238 Å². The molecule has 0 spiro atoms. The highest BCUT2D eigenvalue weighted by molar-refractivity contribution is 6.32. The van der Waals surface area contributed by atoms with Crippen LogP contribution >= 0.6 is 11.6 Å². The number of amides is 2. The van der Waals surface area contributed by atoms with E-state index in [9.17, 15) is 14.4 Å². The molecule has 39 heavy (non-hydrogen) atoms. The molecule has 0 aromatic carbocycles. The van der Waals surface area contributed by atoms with Crippen LogP contribution in [-0.4, -0.2) is 95.8 Å². The number of carbonyl (C=O) groups excluding carboxylic acids is 3. The van der Waals surface area contributed by atoms with Crippen LogP contribution in [0.3, 0.4) is 0 Å². The third-order valence-corrected chi connectivity index (χ3v) is 6.65. The van der Waals surface area contributed by atoms with E-state index in [0.717, 1.165) is 44.4 Å². The average Bonchev–Trinajstić information content (AvgIpc) is 2.86. The number of anilines is 1. The maximum Gasteiger partial charge on any atom is 0.410 e. The highest BCUT2D eigenvalue weighted by Crippen LogP contribution is 2.29. The lowest BCUT2D eigenvalue weighted by molar-refractivity contribution is 0.0190. The normalized spacial score (nSPS) is 20.1. The third-order valence-electron chi connectivity index (χ3n) is 6.35. The Morgan fingerprint density at radius 2 is 1.59 bits per heavy atom. The molecule has 2 aliphatic heterocycles. The van der Waals surface area contributed by atoms with Crippen LogP contribution in [0.4, 0.5) is 15.3 Å². The van der Waals surface area contributed by atoms with Crippen molar-refractivity contribution in [1.82, 2.24) is 20.1 Å². The van der Waals surface area contributed by atoms with E-state index in [1.165, 1.54) is 0 Å². The standard InChI is InChI=1S/C17H24ClN3O3.C11H22N2O2/c1-5-12-10-20(16(23)24-17(2,3)4)8-9-21(12)14-6-7-19-15(18)13(14)11-22;1-5-9-8-13(7-6-12-9)10(14)15-11(2,3)4/h6-7,11-12H,5,8-10H2,1-4H3;9,12H,5-8H2,1-4H3/t12-;9-/m01/s1. The lowest BCUT2D eigenvalue weighted by atomic mass is 10.1. The molecule has 10 nitrogen and oxygen atoms in total. The number of rotatable bonds is 4. The van der Waals surface area contributed by atoms with Gasteiger partial charge in [0.1, 0.15) is 16.4 Å². The quantitative estimate of drug-likeness (QED) is 0.401. The van der Waals surface area contributed by atoms with Gasteiger partial charge in [-0.3, -0.25) is 4.79 Å². The van der Waals surface area contributed by atoms with Crippen LogP contribution in [-0.2, 0) is 9.47 Å². The lowest BCUT2D eigenvalue weighted by Gasteiger charge is -2.43. The average molecular weight is 568 g/mol. The first-order chi connectivity index (χ1) is 18.2.